The molecular formula is C16H19N. The maximum Gasteiger partial charge on any atom is 0.0406 e. The molecule has 0 amide bonds. The van der Waals surface area contributed by atoms with Gasteiger partial charge in [-0.1, -0.05) is 42.5 Å². The monoisotopic (exact) mass is 225 g/mol. The Morgan fingerprint density at radius 3 is 2.35 bits per heavy atom. The van der Waals surface area contributed by atoms with Crippen LogP contribution in [0, 0.1) is 20.8 Å². The molecule has 0 unspecified atom stereocenters. The molecule has 0 radical (unpaired) electrons. The van der Waals surface area contributed by atoms with E-state index in [4.69, 9.17) is 0 Å². The second kappa shape index (κ2) is 5.05. The van der Waals surface area contributed by atoms with Crippen LogP contribution in [-0.4, -0.2) is 4.57 Å². The summed E-state index contributed by atoms with van der Waals surface area (Å²) in [6, 6.07) is 10.4. The molecule has 0 aliphatic rings. The predicted molar refractivity (Wildman–Crippen MR) is 74.1 cm³/mol. The lowest BCUT2D eigenvalue weighted by Gasteiger charge is -2.02. The first-order valence-corrected chi connectivity index (χ1v) is 6.03. The van der Waals surface area contributed by atoms with Crippen LogP contribution in [0.3, 0.4) is 0 Å². The van der Waals surface area contributed by atoms with Crippen LogP contribution in [0.5, 0.6) is 0 Å². The molecule has 2 rings (SSSR count). The molecule has 1 aromatic heterocycles. The number of aromatic nitrogens is 1. The zero-order valence-electron chi connectivity index (χ0n) is 10.8. The molecule has 88 valence electrons. The zero-order valence-corrected chi connectivity index (χ0v) is 10.8. The highest BCUT2D eigenvalue weighted by Gasteiger charge is 2.02. The minimum atomic E-state index is 0.940. The Kier molecular flexibility index (Phi) is 3.48. The molecule has 0 fully saturated rings. The molecule has 0 atom stereocenters. The number of aryl methyl sites for hydroxylation is 1. The van der Waals surface area contributed by atoms with Crippen molar-refractivity contribution in [2.45, 2.75) is 27.3 Å². The Morgan fingerprint density at radius 2 is 1.76 bits per heavy atom. The van der Waals surface area contributed by atoms with Gasteiger partial charge in [-0.3, -0.25) is 0 Å². The summed E-state index contributed by atoms with van der Waals surface area (Å²) < 4.78 is 2.30. The van der Waals surface area contributed by atoms with Crippen molar-refractivity contribution in [2.24, 2.45) is 0 Å². The van der Waals surface area contributed by atoms with Crippen LogP contribution >= 0.6 is 0 Å². The van der Waals surface area contributed by atoms with Crippen molar-refractivity contribution in [3.63, 3.8) is 0 Å². The zero-order chi connectivity index (χ0) is 12.3. The molecular weight excluding hydrogens is 206 g/mol. The first-order valence-electron chi connectivity index (χ1n) is 6.03. The Labute approximate surface area is 103 Å². The molecule has 1 heteroatoms. The van der Waals surface area contributed by atoms with E-state index in [9.17, 15) is 0 Å². The molecule has 0 saturated heterocycles. The van der Waals surface area contributed by atoms with Gasteiger partial charge in [0.2, 0.25) is 0 Å². The van der Waals surface area contributed by atoms with E-state index in [1.807, 2.05) is 6.07 Å². The van der Waals surface area contributed by atoms with E-state index in [2.05, 4.69) is 68.0 Å². The third-order valence-electron chi connectivity index (χ3n) is 3.33. The smallest absolute Gasteiger partial charge is 0.0406 e. The molecule has 17 heavy (non-hydrogen) atoms. The molecule has 0 aliphatic carbocycles. The first kappa shape index (κ1) is 11.7. The fourth-order valence-electron chi connectivity index (χ4n) is 1.98. The summed E-state index contributed by atoms with van der Waals surface area (Å²) in [6.45, 7) is 7.47. The van der Waals surface area contributed by atoms with Crippen LogP contribution in [0.15, 0.2) is 42.6 Å². The van der Waals surface area contributed by atoms with Crippen molar-refractivity contribution in [3.05, 3.63) is 65.0 Å². The van der Waals surface area contributed by atoms with Gasteiger partial charge in [0.05, 0.1) is 0 Å². The van der Waals surface area contributed by atoms with E-state index in [1.165, 1.54) is 22.4 Å². The maximum absolute atomic E-state index is 2.30. The van der Waals surface area contributed by atoms with Crippen molar-refractivity contribution in [2.75, 3.05) is 0 Å². The van der Waals surface area contributed by atoms with Crippen LogP contribution in [-0.2, 0) is 6.54 Å². The Hall–Kier alpha value is -1.76. The fraction of sp³-hybridized carbons (Fsp3) is 0.250. The standard InChI is InChI=1S/C16H19N/c1-13-12-17(15(3)14(13)2)11-7-10-16-8-5-4-6-9-16/h4-10,12H,11H2,1-3H3. The second-order valence-electron chi connectivity index (χ2n) is 4.49. The number of hydrogen-bond acceptors (Lipinski definition) is 0. The van der Waals surface area contributed by atoms with E-state index in [0.717, 1.165) is 6.54 Å². The van der Waals surface area contributed by atoms with Gasteiger partial charge in [-0.15, -0.1) is 0 Å². The molecule has 0 aliphatic heterocycles. The molecule has 0 bridgehead atoms. The van der Waals surface area contributed by atoms with Crippen LogP contribution in [0.4, 0.5) is 0 Å². The third kappa shape index (κ3) is 2.68. The van der Waals surface area contributed by atoms with Gasteiger partial charge in [-0.2, -0.15) is 0 Å². The number of nitrogens with zero attached hydrogens (tertiary/aromatic N) is 1. The van der Waals surface area contributed by atoms with Crippen molar-refractivity contribution < 1.29 is 0 Å². The van der Waals surface area contributed by atoms with Gasteiger partial charge in [-0.05, 0) is 37.5 Å². The summed E-state index contributed by atoms with van der Waals surface area (Å²) in [7, 11) is 0. The lowest BCUT2D eigenvalue weighted by atomic mass is 10.2. The summed E-state index contributed by atoms with van der Waals surface area (Å²) in [4.78, 5) is 0. The van der Waals surface area contributed by atoms with Crippen LogP contribution in [0.1, 0.15) is 22.4 Å². The highest BCUT2D eigenvalue weighted by molar-refractivity contribution is 5.48. The first-order chi connectivity index (χ1) is 8.18. The molecule has 2 aromatic rings. The van der Waals surface area contributed by atoms with E-state index in [-0.39, 0.29) is 0 Å². The normalized spacial score (nSPS) is 11.2. The van der Waals surface area contributed by atoms with Crippen LogP contribution in [0.2, 0.25) is 0 Å². The molecule has 1 aromatic carbocycles. The predicted octanol–water partition coefficient (Wildman–Crippen LogP) is 4.13. The van der Waals surface area contributed by atoms with Crippen LogP contribution < -0.4 is 0 Å². The van der Waals surface area contributed by atoms with Crippen molar-refractivity contribution in [1.29, 1.82) is 0 Å². The van der Waals surface area contributed by atoms with Gasteiger partial charge in [-0.25, -0.2) is 0 Å². The van der Waals surface area contributed by atoms with Crippen LogP contribution in [0.25, 0.3) is 6.08 Å². The molecule has 0 saturated carbocycles. The largest absolute Gasteiger partial charge is 0.347 e. The Bertz CT molecular complexity index is 518. The van der Waals surface area contributed by atoms with Gasteiger partial charge in [0.25, 0.3) is 0 Å². The number of rotatable bonds is 3. The van der Waals surface area contributed by atoms with Gasteiger partial charge >= 0.3 is 0 Å². The van der Waals surface area contributed by atoms with Crippen molar-refractivity contribution in [3.8, 4) is 0 Å². The van der Waals surface area contributed by atoms with Gasteiger partial charge < -0.3 is 4.57 Å². The molecule has 0 spiro atoms. The third-order valence-corrected chi connectivity index (χ3v) is 3.33. The van der Waals surface area contributed by atoms with E-state index in [1.54, 1.807) is 0 Å². The summed E-state index contributed by atoms with van der Waals surface area (Å²) in [6.07, 6.45) is 6.60. The van der Waals surface area contributed by atoms with Crippen molar-refractivity contribution in [1.82, 2.24) is 4.57 Å². The Balaban J connectivity index is 2.08. The highest BCUT2D eigenvalue weighted by Crippen LogP contribution is 2.14. The lowest BCUT2D eigenvalue weighted by Crippen LogP contribution is -1.95. The SMILES string of the molecule is Cc1cn(CC=Cc2ccccc2)c(C)c1C. The van der Waals surface area contributed by atoms with Crippen molar-refractivity contribution >= 4 is 6.08 Å². The molecule has 1 nitrogen and oxygen atoms in total. The average Bonchev–Trinajstić information content (AvgIpc) is 2.59. The second-order valence-corrected chi connectivity index (χ2v) is 4.49. The minimum Gasteiger partial charge on any atom is -0.347 e. The van der Waals surface area contributed by atoms with Gasteiger partial charge in [0, 0.05) is 18.4 Å². The summed E-state index contributed by atoms with van der Waals surface area (Å²) in [5, 5.41) is 0. The minimum absolute atomic E-state index is 0.940. The van der Waals surface area contributed by atoms with Gasteiger partial charge in [0.15, 0.2) is 0 Å². The van der Waals surface area contributed by atoms with E-state index in [0.29, 0.717) is 0 Å². The average molecular weight is 225 g/mol. The maximum atomic E-state index is 2.30. The quantitative estimate of drug-likeness (QED) is 0.740. The molecule has 1 heterocycles. The van der Waals surface area contributed by atoms with E-state index < -0.39 is 0 Å². The number of allylic oxidation sites excluding steroid dienone is 1. The number of hydrogen-bond donors (Lipinski definition) is 0. The Morgan fingerprint density at radius 1 is 1.06 bits per heavy atom. The fourth-order valence-corrected chi connectivity index (χ4v) is 1.98. The summed E-state index contributed by atoms with van der Waals surface area (Å²) in [5.41, 5.74) is 5.39. The summed E-state index contributed by atoms with van der Waals surface area (Å²) >= 11 is 0. The van der Waals surface area contributed by atoms with E-state index >= 15 is 0 Å². The molecule has 0 N–H and O–H groups in total. The highest BCUT2D eigenvalue weighted by atomic mass is 15.0. The lowest BCUT2D eigenvalue weighted by molar-refractivity contribution is 0.795. The summed E-state index contributed by atoms with van der Waals surface area (Å²) in [5.74, 6) is 0. The number of benzene rings is 1. The van der Waals surface area contributed by atoms with Gasteiger partial charge in [0.1, 0.15) is 0 Å². The topological polar surface area (TPSA) is 4.93 Å².